The maximum Gasteiger partial charge on any atom is 0.0971 e. The second-order valence-electron chi connectivity index (χ2n) is 6.30. The minimum Gasteiger partial charge on any atom is -0.387 e. The molecule has 2 N–H and O–H groups in total. The van der Waals surface area contributed by atoms with Crippen molar-refractivity contribution >= 4 is 5.84 Å². The fourth-order valence-electron chi connectivity index (χ4n) is 2.92. The first-order valence-corrected chi connectivity index (χ1v) is 8.02. The Hall–Kier alpha value is -0.970. The summed E-state index contributed by atoms with van der Waals surface area (Å²) >= 11 is 0. The highest BCUT2D eigenvalue weighted by Gasteiger charge is 2.28. The molecule has 0 aromatic carbocycles. The van der Waals surface area contributed by atoms with Gasteiger partial charge in [-0.3, -0.25) is 4.99 Å². The predicted octanol–water partition coefficient (Wildman–Crippen LogP) is 3.75. The van der Waals surface area contributed by atoms with Crippen molar-refractivity contribution in [2.45, 2.75) is 71.3 Å². The first kappa shape index (κ1) is 14.4. The maximum atomic E-state index is 6.06. The molecular weight excluding hydrogens is 232 g/mol. The van der Waals surface area contributed by atoms with Crippen molar-refractivity contribution in [3.63, 3.8) is 0 Å². The van der Waals surface area contributed by atoms with Crippen molar-refractivity contribution in [2.75, 3.05) is 0 Å². The van der Waals surface area contributed by atoms with Crippen LogP contribution in [0, 0.1) is 29.6 Å². The molecule has 2 heteroatoms. The Balaban J connectivity index is 1.91. The van der Waals surface area contributed by atoms with Gasteiger partial charge in [-0.25, -0.2) is 0 Å². The molecule has 2 aliphatic rings. The van der Waals surface area contributed by atoms with E-state index in [0.717, 1.165) is 12.3 Å². The number of amidine groups is 1. The van der Waals surface area contributed by atoms with E-state index in [2.05, 4.69) is 25.7 Å². The molecule has 106 valence electrons. The molecule has 0 aromatic rings. The fraction of sp³-hybridized carbons (Fsp3) is 0.824. The Morgan fingerprint density at radius 3 is 2.74 bits per heavy atom. The quantitative estimate of drug-likeness (QED) is 0.357. The first-order valence-electron chi connectivity index (χ1n) is 8.02. The van der Waals surface area contributed by atoms with Crippen LogP contribution in [0.4, 0.5) is 0 Å². The molecule has 0 radical (unpaired) electrons. The van der Waals surface area contributed by atoms with Crippen molar-refractivity contribution in [3.8, 4) is 11.8 Å². The van der Waals surface area contributed by atoms with E-state index in [4.69, 9.17) is 10.7 Å². The molecule has 0 saturated heterocycles. The molecule has 0 amide bonds. The monoisotopic (exact) mass is 260 g/mol. The van der Waals surface area contributed by atoms with E-state index in [0.29, 0.717) is 23.8 Å². The Kier molecular flexibility index (Phi) is 5.31. The Morgan fingerprint density at radius 2 is 2.05 bits per heavy atom. The number of rotatable bonds is 3. The van der Waals surface area contributed by atoms with Crippen LogP contribution in [0.25, 0.3) is 0 Å². The molecule has 0 spiro atoms. The summed E-state index contributed by atoms with van der Waals surface area (Å²) in [7, 11) is 0. The van der Waals surface area contributed by atoms with Crippen molar-refractivity contribution in [1.29, 1.82) is 0 Å². The van der Waals surface area contributed by atoms with Crippen LogP contribution in [-0.4, -0.2) is 11.9 Å². The van der Waals surface area contributed by atoms with Gasteiger partial charge in [-0.1, -0.05) is 26.2 Å². The highest BCUT2D eigenvalue weighted by Crippen LogP contribution is 2.32. The van der Waals surface area contributed by atoms with E-state index in [1.807, 2.05) is 0 Å². The Labute approximate surface area is 118 Å². The van der Waals surface area contributed by atoms with E-state index < -0.39 is 0 Å². The third kappa shape index (κ3) is 4.56. The van der Waals surface area contributed by atoms with Gasteiger partial charge in [0.2, 0.25) is 0 Å². The molecule has 0 aliphatic heterocycles. The fourth-order valence-corrected chi connectivity index (χ4v) is 2.92. The molecule has 2 rings (SSSR count). The van der Waals surface area contributed by atoms with Crippen LogP contribution in [-0.2, 0) is 0 Å². The summed E-state index contributed by atoms with van der Waals surface area (Å²) in [6.07, 6.45) is 9.57. The van der Waals surface area contributed by atoms with Gasteiger partial charge in [0.1, 0.15) is 0 Å². The lowest BCUT2D eigenvalue weighted by molar-refractivity contribution is 0.403. The normalized spacial score (nSPS) is 32.3. The molecule has 3 atom stereocenters. The number of nitrogens with zero attached hydrogens (tertiary/aromatic N) is 1. The highest BCUT2D eigenvalue weighted by molar-refractivity contribution is 5.85. The van der Waals surface area contributed by atoms with Gasteiger partial charge in [0.15, 0.2) is 0 Å². The zero-order chi connectivity index (χ0) is 13.7. The SMILES string of the molecule is CCCC#CC1CCCC(N=C(N)C2CC2)CC1C. The molecule has 2 aliphatic carbocycles. The first-order chi connectivity index (χ1) is 9.20. The van der Waals surface area contributed by atoms with E-state index >= 15 is 0 Å². The lowest BCUT2D eigenvalue weighted by atomic mass is 9.89. The van der Waals surface area contributed by atoms with Crippen molar-refractivity contribution in [1.82, 2.24) is 0 Å². The second-order valence-corrected chi connectivity index (χ2v) is 6.30. The third-order valence-electron chi connectivity index (χ3n) is 4.37. The molecule has 0 aromatic heterocycles. The van der Waals surface area contributed by atoms with E-state index in [1.54, 1.807) is 0 Å². The number of nitrogens with two attached hydrogens (primary N) is 1. The van der Waals surface area contributed by atoms with Gasteiger partial charge in [-0.15, -0.1) is 5.92 Å². The molecule has 2 nitrogen and oxygen atoms in total. The summed E-state index contributed by atoms with van der Waals surface area (Å²) in [6, 6.07) is 0.452. The standard InChI is InChI=1S/C17H28N2/c1-3-4-5-7-14-8-6-9-16(12-13(14)2)19-17(18)15-10-11-15/h13-16H,3-4,6,8-12H2,1-2H3,(H2,18,19). The summed E-state index contributed by atoms with van der Waals surface area (Å²) in [5.74, 6) is 9.60. The smallest absolute Gasteiger partial charge is 0.0971 e. The molecular formula is C17H28N2. The third-order valence-corrected chi connectivity index (χ3v) is 4.37. The zero-order valence-electron chi connectivity index (χ0n) is 12.5. The van der Waals surface area contributed by atoms with Crippen LogP contribution in [0.5, 0.6) is 0 Å². The number of unbranched alkanes of at least 4 members (excludes halogenated alkanes) is 1. The highest BCUT2D eigenvalue weighted by atomic mass is 14.9. The maximum absolute atomic E-state index is 6.06. The predicted molar refractivity (Wildman–Crippen MR) is 81.9 cm³/mol. The summed E-state index contributed by atoms with van der Waals surface area (Å²) in [6.45, 7) is 4.53. The van der Waals surface area contributed by atoms with Crippen molar-refractivity contribution in [2.24, 2.45) is 28.5 Å². The molecule has 2 saturated carbocycles. The Morgan fingerprint density at radius 1 is 1.26 bits per heavy atom. The van der Waals surface area contributed by atoms with E-state index in [-0.39, 0.29) is 0 Å². The minimum atomic E-state index is 0.452. The van der Waals surface area contributed by atoms with Crippen LogP contribution in [0.3, 0.4) is 0 Å². The van der Waals surface area contributed by atoms with Crippen LogP contribution in [0.2, 0.25) is 0 Å². The number of hydrogen-bond acceptors (Lipinski definition) is 1. The second kappa shape index (κ2) is 6.98. The van der Waals surface area contributed by atoms with Gasteiger partial charge in [0.25, 0.3) is 0 Å². The molecule has 0 heterocycles. The van der Waals surface area contributed by atoms with Crippen LogP contribution in [0.15, 0.2) is 4.99 Å². The van der Waals surface area contributed by atoms with Crippen molar-refractivity contribution < 1.29 is 0 Å². The number of hydrogen-bond donors (Lipinski definition) is 1. The zero-order valence-corrected chi connectivity index (χ0v) is 12.5. The average Bonchev–Trinajstić information content (AvgIpc) is 3.20. The minimum absolute atomic E-state index is 0.452. The lowest BCUT2D eigenvalue weighted by Crippen LogP contribution is -2.20. The summed E-state index contributed by atoms with van der Waals surface area (Å²) in [5, 5.41) is 0. The number of aliphatic imine (C=N–C) groups is 1. The topological polar surface area (TPSA) is 38.4 Å². The average molecular weight is 260 g/mol. The molecule has 2 fully saturated rings. The van der Waals surface area contributed by atoms with E-state index in [9.17, 15) is 0 Å². The molecule has 0 bridgehead atoms. The van der Waals surface area contributed by atoms with Gasteiger partial charge < -0.3 is 5.73 Å². The molecule has 3 unspecified atom stereocenters. The van der Waals surface area contributed by atoms with Gasteiger partial charge in [0, 0.05) is 18.3 Å². The lowest BCUT2D eigenvalue weighted by Gasteiger charge is -2.17. The van der Waals surface area contributed by atoms with Crippen LogP contribution in [0.1, 0.15) is 65.2 Å². The Bertz CT molecular complexity index is 370. The van der Waals surface area contributed by atoms with Crippen molar-refractivity contribution in [3.05, 3.63) is 0 Å². The van der Waals surface area contributed by atoms with Gasteiger partial charge in [0.05, 0.1) is 11.9 Å². The van der Waals surface area contributed by atoms with Gasteiger partial charge in [-0.2, -0.15) is 0 Å². The van der Waals surface area contributed by atoms with Gasteiger partial charge >= 0.3 is 0 Å². The summed E-state index contributed by atoms with van der Waals surface area (Å²) in [5.41, 5.74) is 6.06. The van der Waals surface area contributed by atoms with Gasteiger partial charge in [-0.05, 0) is 44.4 Å². The van der Waals surface area contributed by atoms with Crippen LogP contribution >= 0.6 is 0 Å². The summed E-state index contributed by atoms with van der Waals surface area (Å²) < 4.78 is 0. The molecule has 19 heavy (non-hydrogen) atoms. The van der Waals surface area contributed by atoms with Crippen LogP contribution < -0.4 is 5.73 Å². The largest absolute Gasteiger partial charge is 0.387 e. The summed E-state index contributed by atoms with van der Waals surface area (Å²) in [4.78, 5) is 4.79. The van der Waals surface area contributed by atoms with E-state index in [1.165, 1.54) is 44.9 Å².